The largest absolute Gasteiger partial charge is 0.342 e. The molecule has 0 aromatic heterocycles. The van der Waals surface area contributed by atoms with Gasteiger partial charge in [-0.3, -0.25) is 0 Å². The second-order valence-electron chi connectivity index (χ2n) is 7.87. The molecule has 2 aromatic rings. The molecule has 2 nitrogen and oxygen atoms in total. The number of hydrogen-bond acceptors (Lipinski definition) is 2. The Labute approximate surface area is 183 Å². The van der Waals surface area contributed by atoms with E-state index in [4.69, 9.17) is 9.47 Å². The summed E-state index contributed by atoms with van der Waals surface area (Å²) in [6.07, 6.45) is 3.12. The molecule has 0 fully saturated rings. The Morgan fingerprint density at radius 3 is 1.70 bits per heavy atom. The van der Waals surface area contributed by atoms with Gasteiger partial charge in [-0.2, -0.15) is 0 Å². The van der Waals surface area contributed by atoms with Gasteiger partial charge in [-0.05, 0) is 47.3 Å². The maximum atomic E-state index is 5.44. The molecular weight excluding hydrogens is 384 g/mol. The predicted molar refractivity (Wildman–Crippen MR) is 129 cm³/mol. The molecule has 0 spiro atoms. The van der Waals surface area contributed by atoms with Crippen molar-refractivity contribution in [3.8, 4) is 23.3 Å². The lowest BCUT2D eigenvalue weighted by Gasteiger charge is -2.39. The van der Waals surface area contributed by atoms with E-state index in [1.54, 1.807) is 6.08 Å². The molecule has 0 unspecified atom stereocenters. The summed E-state index contributed by atoms with van der Waals surface area (Å²) in [4.78, 5) is 0. The highest BCUT2D eigenvalue weighted by molar-refractivity contribution is 7.10. The second-order valence-corrected chi connectivity index (χ2v) is 12.3. The van der Waals surface area contributed by atoms with Gasteiger partial charge in [0, 0.05) is 13.2 Å². The average molecular weight is 417 g/mol. The van der Waals surface area contributed by atoms with E-state index in [1.165, 1.54) is 10.4 Å². The summed E-state index contributed by atoms with van der Waals surface area (Å²) < 4.78 is 10.9. The summed E-state index contributed by atoms with van der Waals surface area (Å²) in [6.45, 7) is 11.9. The molecular formula is C27H32O2Si. The third kappa shape index (κ3) is 5.97. The minimum absolute atomic E-state index is 0.0112. The first kappa shape index (κ1) is 23.7. The molecule has 0 aliphatic rings. The van der Waals surface area contributed by atoms with Crippen molar-refractivity contribution in [3.05, 3.63) is 72.8 Å². The lowest BCUT2D eigenvalue weighted by atomic mass is 10.2. The van der Waals surface area contributed by atoms with Crippen LogP contribution in [0.5, 0.6) is 0 Å². The number of rotatable bonds is 6. The van der Waals surface area contributed by atoms with E-state index in [0.29, 0.717) is 13.2 Å². The zero-order valence-electron chi connectivity index (χ0n) is 18.7. The number of hydrogen-bond donors (Lipinski definition) is 0. The van der Waals surface area contributed by atoms with Crippen LogP contribution in [0, 0.1) is 23.3 Å². The van der Waals surface area contributed by atoms with Gasteiger partial charge in [0.2, 0.25) is 14.4 Å². The fourth-order valence-corrected chi connectivity index (χ4v) is 7.94. The van der Waals surface area contributed by atoms with Gasteiger partial charge in [0.25, 0.3) is 0 Å². The third-order valence-electron chi connectivity index (χ3n) is 4.89. The van der Waals surface area contributed by atoms with Crippen molar-refractivity contribution in [1.82, 2.24) is 0 Å². The van der Waals surface area contributed by atoms with Crippen LogP contribution in [0.15, 0.2) is 72.8 Å². The van der Waals surface area contributed by atoms with Crippen LogP contribution in [0.1, 0.15) is 34.6 Å². The maximum Gasteiger partial charge on any atom is 0.222 e. The summed E-state index contributed by atoms with van der Waals surface area (Å²) in [5.41, 5.74) is 3.72. The molecule has 2 aromatic carbocycles. The van der Waals surface area contributed by atoms with Gasteiger partial charge in [0.1, 0.15) is 0 Å². The Morgan fingerprint density at radius 1 is 0.800 bits per heavy atom. The zero-order chi connectivity index (χ0) is 21.9. The van der Waals surface area contributed by atoms with Crippen molar-refractivity contribution in [1.29, 1.82) is 0 Å². The van der Waals surface area contributed by atoms with Crippen molar-refractivity contribution in [3.63, 3.8) is 0 Å². The molecule has 0 bridgehead atoms. The van der Waals surface area contributed by atoms with Gasteiger partial charge in [0.05, 0.1) is 0 Å². The van der Waals surface area contributed by atoms with E-state index in [2.05, 4.69) is 105 Å². The minimum atomic E-state index is -2.37. The predicted octanol–water partition coefficient (Wildman–Crippen LogP) is 4.55. The highest BCUT2D eigenvalue weighted by Gasteiger charge is 2.46. The van der Waals surface area contributed by atoms with Gasteiger partial charge in [-0.15, -0.1) is 5.54 Å². The number of ether oxygens (including phenoxy) is 2. The van der Waals surface area contributed by atoms with Crippen molar-refractivity contribution < 1.29 is 9.47 Å². The van der Waals surface area contributed by atoms with Crippen LogP contribution in [0.25, 0.3) is 0 Å². The van der Waals surface area contributed by atoms with E-state index in [-0.39, 0.29) is 5.04 Å². The standard InChI is InChI=1S/C27H32O2Si/c1-6-28-26(29-7-2)22-16-8-9-17-23-30(27(3,4)5,24-18-12-10-13-19-24)25-20-14-11-15-21-25/h8-15,18-21,26H,6-7H2,1-5H3/b9-8-. The van der Waals surface area contributed by atoms with Crippen LogP contribution in [0.4, 0.5) is 0 Å². The topological polar surface area (TPSA) is 18.5 Å². The van der Waals surface area contributed by atoms with Crippen LogP contribution >= 0.6 is 0 Å². The Kier molecular flexibility index (Phi) is 9.15. The number of benzene rings is 2. The maximum absolute atomic E-state index is 5.44. The SMILES string of the molecule is CCOC(C#C/C=C\C#C[Si](c1ccccc1)(c1ccccc1)C(C)(C)C)OCC. The second kappa shape index (κ2) is 11.6. The molecule has 0 aliphatic carbocycles. The van der Waals surface area contributed by atoms with Gasteiger partial charge in [-0.25, -0.2) is 0 Å². The number of allylic oxidation sites excluding steroid dienone is 2. The molecule has 0 heterocycles. The summed E-state index contributed by atoms with van der Waals surface area (Å²) in [5.74, 6) is 9.28. The summed E-state index contributed by atoms with van der Waals surface area (Å²) >= 11 is 0. The normalized spacial score (nSPS) is 11.7. The molecule has 3 heteroatoms. The van der Waals surface area contributed by atoms with E-state index in [0.717, 1.165) is 0 Å². The van der Waals surface area contributed by atoms with Crippen molar-refractivity contribution in [2.75, 3.05) is 13.2 Å². The minimum Gasteiger partial charge on any atom is -0.342 e. The quantitative estimate of drug-likeness (QED) is 0.391. The van der Waals surface area contributed by atoms with Gasteiger partial charge in [0.15, 0.2) is 0 Å². The fourth-order valence-electron chi connectivity index (χ4n) is 3.52. The molecule has 156 valence electrons. The van der Waals surface area contributed by atoms with Crippen molar-refractivity contribution in [2.45, 2.75) is 45.9 Å². The molecule has 0 saturated carbocycles. The Bertz CT molecular complexity index is 874. The van der Waals surface area contributed by atoms with Gasteiger partial charge < -0.3 is 9.47 Å². The Balaban J connectivity index is 2.44. The molecule has 30 heavy (non-hydrogen) atoms. The zero-order valence-corrected chi connectivity index (χ0v) is 19.7. The fraction of sp³-hybridized carbons (Fsp3) is 0.333. The summed E-state index contributed by atoms with van der Waals surface area (Å²) in [7, 11) is -2.37. The molecule has 2 rings (SSSR count). The highest BCUT2D eigenvalue weighted by atomic mass is 28.3. The molecule has 0 aliphatic heterocycles. The monoisotopic (exact) mass is 416 g/mol. The van der Waals surface area contributed by atoms with Gasteiger partial charge >= 0.3 is 0 Å². The van der Waals surface area contributed by atoms with Crippen molar-refractivity contribution in [2.24, 2.45) is 0 Å². The van der Waals surface area contributed by atoms with Crippen LogP contribution in [-0.4, -0.2) is 27.6 Å². The molecule has 0 amide bonds. The van der Waals surface area contributed by atoms with Crippen molar-refractivity contribution >= 4 is 18.4 Å². The first-order valence-corrected chi connectivity index (χ1v) is 12.5. The van der Waals surface area contributed by atoms with E-state index in [9.17, 15) is 0 Å². The lowest BCUT2D eigenvalue weighted by molar-refractivity contribution is -0.0969. The van der Waals surface area contributed by atoms with E-state index in [1.807, 2.05) is 19.9 Å². The average Bonchev–Trinajstić information content (AvgIpc) is 2.74. The Hall–Kier alpha value is -2.56. The van der Waals surface area contributed by atoms with E-state index < -0.39 is 14.4 Å². The molecule has 0 saturated heterocycles. The van der Waals surface area contributed by atoms with Crippen LogP contribution in [0.3, 0.4) is 0 Å². The Morgan fingerprint density at radius 2 is 1.27 bits per heavy atom. The van der Waals surface area contributed by atoms with Crippen LogP contribution < -0.4 is 10.4 Å². The first-order valence-electron chi connectivity index (χ1n) is 10.5. The highest BCUT2D eigenvalue weighted by Crippen LogP contribution is 2.35. The summed E-state index contributed by atoms with van der Waals surface area (Å²) in [6, 6.07) is 21.4. The molecule has 0 radical (unpaired) electrons. The van der Waals surface area contributed by atoms with Gasteiger partial charge in [-0.1, -0.05) is 93.3 Å². The van der Waals surface area contributed by atoms with Crippen LogP contribution in [0.2, 0.25) is 5.04 Å². The smallest absolute Gasteiger partial charge is 0.222 e. The van der Waals surface area contributed by atoms with Crippen LogP contribution in [-0.2, 0) is 9.47 Å². The molecule has 0 atom stereocenters. The molecule has 0 N–H and O–H groups in total. The first-order chi connectivity index (χ1) is 14.5. The third-order valence-corrected chi connectivity index (χ3v) is 10.1. The lowest BCUT2D eigenvalue weighted by Crippen LogP contribution is -2.63. The summed E-state index contributed by atoms with van der Waals surface area (Å²) in [5, 5.41) is 2.66. The van der Waals surface area contributed by atoms with E-state index >= 15 is 0 Å².